The smallest absolute Gasteiger partial charge is 0.317 e. The van der Waals surface area contributed by atoms with Crippen LogP contribution in [0.2, 0.25) is 0 Å². The van der Waals surface area contributed by atoms with Crippen LogP contribution in [-0.4, -0.2) is 21.6 Å². The normalized spacial score (nSPS) is 55.0. The van der Waals surface area contributed by atoms with Gasteiger partial charge in [-0.25, -0.2) is 0 Å². The second-order valence-corrected chi connectivity index (χ2v) is 6.36. The minimum atomic E-state index is -0.309. The summed E-state index contributed by atoms with van der Waals surface area (Å²) in [6.07, 6.45) is 0.960. The maximum Gasteiger partial charge on any atom is 0.317 e. The third-order valence-electron chi connectivity index (χ3n) is 3.72. The standard InChI is InChI=1S/C9H8Br2O3/c10-6-2-1-3(7(6)11)5-4(2)8(12)14-9(5)13/h2-7H,1H2/t2-,3+,4-,5-,6-,7-/m1/s1. The molecule has 0 aromatic heterocycles. The predicted molar refractivity (Wildman–Crippen MR) is 55.1 cm³/mol. The maximum atomic E-state index is 11.4. The monoisotopic (exact) mass is 322 g/mol. The molecule has 5 heteroatoms. The number of halogens is 2. The lowest BCUT2D eigenvalue weighted by molar-refractivity contribution is -0.154. The number of rotatable bonds is 0. The Bertz CT molecular complexity index is 300. The number of fused-ring (bicyclic) bond motifs is 5. The van der Waals surface area contributed by atoms with Crippen LogP contribution in [0.15, 0.2) is 0 Å². The van der Waals surface area contributed by atoms with Crippen molar-refractivity contribution in [3.63, 3.8) is 0 Å². The average molecular weight is 324 g/mol. The van der Waals surface area contributed by atoms with E-state index in [0.29, 0.717) is 9.65 Å². The van der Waals surface area contributed by atoms with Gasteiger partial charge in [-0.1, -0.05) is 31.9 Å². The third-order valence-corrected chi connectivity index (χ3v) is 6.93. The highest BCUT2D eigenvalue weighted by Crippen LogP contribution is 2.59. The lowest BCUT2D eigenvalue weighted by Gasteiger charge is -2.27. The van der Waals surface area contributed by atoms with E-state index in [0.717, 1.165) is 6.42 Å². The van der Waals surface area contributed by atoms with Gasteiger partial charge >= 0.3 is 11.9 Å². The van der Waals surface area contributed by atoms with Gasteiger partial charge in [0, 0.05) is 9.65 Å². The molecule has 0 N–H and O–H groups in total. The van der Waals surface area contributed by atoms with E-state index in [4.69, 9.17) is 0 Å². The zero-order valence-corrected chi connectivity index (χ0v) is 10.3. The lowest BCUT2D eigenvalue weighted by Crippen LogP contribution is -2.37. The van der Waals surface area contributed by atoms with E-state index in [-0.39, 0.29) is 35.6 Å². The van der Waals surface area contributed by atoms with Gasteiger partial charge in [0.15, 0.2) is 0 Å². The van der Waals surface area contributed by atoms with Gasteiger partial charge in [0.25, 0.3) is 0 Å². The quantitative estimate of drug-likeness (QED) is 0.385. The summed E-state index contributed by atoms with van der Waals surface area (Å²) in [5.74, 6) is -0.425. The van der Waals surface area contributed by atoms with E-state index in [1.807, 2.05) is 0 Å². The molecule has 6 atom stereocenters. The molecule has 3 rings (SSSR count). The van der Waals surface area contributed by atoms with E-state index in [1.165, 1.54) is 0 Å². The first kappa shape index (κ1) is 9.33. The molecule has 14 heavy (non-hydrogen) atoms. The van der Waals surface area contributed by atoms with Crippen molar-refractivity contribution in [1.82, 2.24) is 0 Å². The van der Waals surface area contributed by atoms with Crippen molar-refractivity contribution in [3.8, 4) is 0 Å². The molecule has 2 aliphatic carbocycles. The molecule has 2 saturated carbocycles. The van der Waals surface area contributed by atoms with Crippen LogP contribution in [0.5, 0.6) is 0 Å². The lowest BCUT2D eigenvalue weighted by atomic mass is 9.81. The Kier molecular flexibility index (Phi) is 1.88. The Labute approximate surface area is 97.8 Å². The average Bonchev–Trinajstić information content (AvgIpc) is 2.71. The molecule has 0 amide bonds. The minimum absolute atomic E-state index is 0.175. The fraction of sp³-hybridized carbons (Fsp3) is 0.778. The molecule has 1 aliphatic heterocycles. The van der Waals surface area contributed by atoms with Crippen LogP contribution in [0, 0.1) is 23.7 Å². The molecule has 1 heterocycles. The number of cyclic esters (lactones) is 2. The number of carbonyl (C=O) groups excluding carboxylic acids is 2. The molecule has 2 bridgehead atoms. The minimum Gasteiger partial charge on any atom is -0.393 e. The molecule has 0 aromatic carbocycles. The molecule has 0 radical (unpaired) electrons. The molecule has 3 nitrogen and oxygen atoms in total. The van der Waals surface area contributed by atoms with Crippen LogP contribution in [0.1, 0.15) is 6.42 Å². The SMILES string of the molecule is O=C1OC(=O)[C@@H]2[C@H]3C[C@H]([C@@H](Br)[C@@H]3Br)[C@@H]12. The van der Waals surface area contributed by atoms with Crippen LogP contribution in [-0.2, 0) is 14.3 Å². The first-order valence-electron chi connectivity index (χ1n) is 4.65. The summed E-state index contributed by atoms with van der Waals surface area (Å²) in [5.41, 5.74) is 0. The Hall–Kier alpha value is 0.1000. The van der Waals surface area contributed by atoms with Crippen LogP contribution < -0.4 is 0 Å². The molecular formula is C9H8Br2O3. The molecule has 0 unspecified atom stereocenters. The number of hydrogen-bond acceptors (Lipinski definition) is 3. The topological polar surface area (TPSA) is 43.4 Å². The Morgan fingerprint density at radius 1 is 1.00 bits per heavy atom. The largest absolute Gasteiger partial charge is 0.393 e. The second kappa shape index (κ2) is 2.82. The Morgan fingerprint density at radius 2 is 1.43 bits per heavy atom. The summed E-state index contributed by atoms with van der Waals surface area (Å²) in [6.45, 7) is 0. The molecule has 1 saturated heterocycles. The number of alkyl halides is 2. The van der Waals surface area contributed by atoms with E-state index < -0.39 is 0 Å². The fourth-order valence-electron chi connectivity index (χ4n) is 3.15. The van der Waals surface area contributed by atoms with Crippen LogP contribution in [0.25, 0.3) is 0 Å². The highest BCUT2D eigenvalue weighted by molar-refractivity contribution is 9.12. The summed E-state index contributed by atoms with van der Waals surface area (Å²) in [7, 11) is 0. The van der Waals surface area contributed by atoms with E-state index in [1.54, 1.807) is 0 Å². The van der Waals surface area contributed by atoms with Crippen molar-refractivity contribution in [3.05, 3.63) is 0 Å². The zero-order chi connectivity index (χ0) is 10.0. The van der Waals surface area contributed by atoms with Crippen molar-refractivity contribution in [2.24, 2.45) is 23.7 Å². The van der Waals surface area contributed by atoms with Crippen LogP contribution >= 0.6 is 31.9 Å². The molecule has 3 fully saturated rings. The fourth-order valence-corrected chi connectivity index (χ4v) is 5.02. The maximum absolute atomic E-state index is 11.4. The van der Waals surface area contributed by atoms with Gasteiger partial charge in [-0.05, 0) is 18.3 Å². The summed E-state index contributed by atoms with van der Waals surface area (Å²) in [5, 5.41) is 0. The molecule has 0 aromatic rings. The molecule has 76 valence electrons. The van der Waals surface area contributed by atoms with Gasteiger partial charge in [-0.3, -0.25) is 9.59 Å². The third kappa shape index (κ3) is 0.927. The van der Waals surface area contributed by atoms with E-state index in [9.17, 15) is 9.59 Å². The number of carbonyl (C=O) groups is 2. The summed E-state index contributed by atoms with van der Waals surface area (Å²) < 4.78 is 4.69. The Morgan fingerprint density at radius 3 is 1.86 bits per heavy atom. The number of esters is 2. The first-order chi connectivity index (χ1) is 6.61. The highest BCUT2D eigenvalue weighted by Gasteiger charge is 2.65. The first-order valence-corrected chi connectivity index (χ1v) is 6.48. The number of hydrogen-bond donors (Lipinski definition) is 0. The van der Waals surface area contributed by atoms with Gasteiger partial charge in [-0.15, -0.1) is 0 Å². The summed E-state index contributed by atoms with van der Waals surface area (Å²) in [4.78, 5) is 23.5. The Balaban J connectivity index is 2.01. The van der Waals surface area contributed by atoms with Crippen LogP contribution in [0.4, 0.5) is 0 Å². The summed E-state index contributed by atoms with van der Waals surface area (Å²) in [6, 6.07) is 0. The predicted octanol–water partition coefficient (Wildman–Crippen LogP) is 1.48. The van der Waals surface area contributed by atoms with Crippen molar-refractivity contribution >= 4 is 43.8 Å². The summed E-state index contributed by atoms with van der Waals surface area (Å²) >= 11 is 7.16. The van der Waals surface area contributed by atoms with Crippen molar-refractivity contribution in [2.75, 3.05) is 0 Å². The highest BCUT2D eigenvalue weighted by atomic mass is 79.9. The van der Waals surface area contributed by atoms with E-state index >= 15 is 0 Å². The van der Waals surface area contributed by atoms with Gasteiger partial charge in [0.1, 0.15) is 0 Å². The van der Waals surface area contributed by atoms with Gasteiger partial charge in [0.05, 0.1) is 11.8 Å². The van der Waals surface area contributed by atoms with Crippen LogP contribution in [0.3, 0.4) is 0 Å². The van der Waals surface area contributed by atoms with Gasteiger partial charge in [-0.2, -0.15) is 0 Å². The second-order valence-electron chi connectivity index (χ2n) is 4.24. The number of ether oxygens (including phenoxy) is 1. The van der Waals surface area contributed by atoms with Gasteiger partial charge in [0.2, 0.25) is 0 Å². The van der Waals surface area contributed by atoms with Crippen molar-refractivity contribution in [1.29, 1.82) is 0 Å². The van der Waals surface area contributed by atoms with Gasteiger partial charge < -0.3 is 4.74 Å². The van der Waals surface area contributed by atoms with Crippen molar-refractivity contribution < 1.29 is 14.3 Å². The van der Waals surface area contributed by atoms with E-state index in [2.05, 4.69) is 36.6 Å². The van der Waals surface area contributed by atoms with Crippen molar-refractivity contribution in [2.45, 2.75) is 16.1 Å². The molecular weight excluding hydrogens is 316 g/mol. The zero-order valence-electron chi connectivity index (χ0n) is 7.15. The molecule has 0 spiro atoms. The molecule has 3 aliphatic rings.